The number of aromatic nitrogens is 2. The van der Waals surface area contributed by atoms with Crippen LogP contribution in [0, 0.1) is 0 Å². The molecule has 0 amide bonds. The summed E-state index contributed by atoms with van der Waals surface area (Å²) in [5.41, 5.74) is 5.42. The van der Waals surface area contributed by atoms with Gasteiger partial charge in [-0.05, 0) is 20.4 Å². The highest BCUT2D eigenvalue weighted by atomic mass is 16.5. The molecule has 1 aliphatic heterocycles. The monoisotopic (exact) mass is 254 g/mol. The molecule has 1 saturated heterocycles. The lowest BCUT2D eigenvalue weighted by molar-refractivity contribution is -0.0334. The van der Waals surface area contributed by atoms with Crippen molar-refractivity contribution < 1.29 is 9.26 Å². The molecule has 0 radical (unpaired) electrons. The molecule has 1 unspecified atom stereocenters. The molecule has 0 spiro atoms. The van der Waals surface area contributed by atoms with Crippen molar-refractivity contribution in [1.29, 1.82) is 0 Å². The third-order valence-corrected chi connectivity index (χ3v) is 3.42. The van der Waals surface area contributed by atoms with Crippen molar-refractivity contribution in [2.75, 3.05) is 32.8 Å². The minimum atomic E-state index is -0.287. The summed E-state index contributed by atoms with van der Waals surface area (Å²) in [6.07, 6.45) is -0.0928. The number of hydrogen-bond acceptors (Lipinski definition) is 6. The van der Waals surface area contributed by atoms with Gasteiger partial charge in [0.1, 0.15) is 6.10 Å². The Balaban J connectivity index is 2.10. The summed E-state index contributed by atoms with van der Waals surface area (Å²) in [5.74, 6) is 1.21. The van der Waals surface area contributed by atoms with Crippen molar-refractivity contribution in [3.8, 4) is 0 Å². The number of nitrogens with two attached hydrogens (primary N) is 1. The molecule has 0 aromatic carbocycles. The van der Waals surface area contributed by atoms with Gasteiger partial charge in [0.2, 0.25) is 11.7 Å². The summed E-state index contributed by atoms with van der Waals surface area (Å²) in [6.45, 7) is 10.1. The van der Waals surface area contributed by atoms with Crippen molar-refractivity contribution in [2.24, 2.45) is 5.73 Å². The quantitative estimate of drug-likeness (QED) is 0.852. The molecule has 1 aromatic rings. The maximum absolute atomic E-state index is 5.70. The van der Waals surface area contributed by atoms with Crippen LogP contribution in [-0.2, 0) is 10.2 Å². The fourth-order valence-electron chi connectivity index (χ4n) is 1.87. The van der Waals surface area contributed by atoms with Gasteiger partial charge in [-0.25, -0.2) is 0 Å². The summed E-state index contributed by atoms with van der Waals surface area (Å²) in [4.78, 5) is 6.75. The van der Waals surface area contributed by atoms with Crippen molar-refractivity contribution in [2.45, 2.75) is 32.3 Å². The van der Waals surface area contributed by atoms with Gasteiger partial charge in [0.15, 0.2) is 0 Å². The molecule has 2 rings (SSSR count). The van der Waals surface area contributed by atoms with Crippen LogP contribution in [0.2, 0.25) is 0 Å². The van der Waals surface area contributed by atoms with Crippen LogP contribution in [0.15, 0.2) is 4.52 Å². The lowest BCUT2D eigenvalue weighted by atomic mass is 9.94. The number of ether oxygens (including phenoxy) is 1. The Labute approximate surface area is 107 Å². The van der Waals surface area contributed by atoms with Crippen molar-refractivity contribution in [3.63, 3.8) is 0 Å². The number of morpholine rings is 1. The standard InChI is InChI=1S/C12H22N4O2/c1-4-16-5-6-17-9(7-16)10-14-11(18-15-10)12(2,3)8-13/h9H,4-8,13H2,1-3H3. The zero-order chi connectivity index (χ0) is 13.2. The molecule has 2 N–H and O–H groups in total. The smallest absolute Gasteiger partial charge is 0.233 e. The molecule has 0 saturated carbocycles. The van der Waals surface area contributed by atoms with E-state index in [-0.39, 0.29) is 11.5 Å². The highest BCUT2D eigenvalue weighted by Gasteiger charge is 2.30. The molecule has 2 heterocycles. The van der Waals surface area contributed by atoms with Crippen LogP contribution in [0.5, 0.6) is 0 Å². The molecule has 1 fully saturated rings. The van der Waals surface area contributed by atoms with Crippen LogP contribution in [0.1, 0.15) is 38.6 Å². The normalized spacial score (nSPS) is 22.3. The second kappa shape index (κ2) is 5.34. The number of likely N-dealkylation sites (N-methyl/N-ethyl adjacent to an activating group) is 1. The topological polar surface area (TPSA) is 77.4 Å². The summed E-state index contributed by atoms with van der Waals surface area (Å²) in [7, 11) is 0. The predicted molar refractivity (Wildman–Crippen MR) is 67.2 cm³/mol. The van der Waals surface area contributed by atoms with Crippen molar-refractivity contribution in [1.82, 2.24) is 15.0 Å². The second-order valence-electron chi connectivity index (χ2n) is 5.30. The zero-order valence-electron chi connectivity index (χ0n) is 11.3. The first-order chi connectivity index (χ1) is 8.56. The Bertz CT molecular complexity index is 391. The van der Waals surface area contributed by atoms with Crippen molar-refractivity contribution in [3.05, 3.63) is 11.7 Å². The summed E-state index contributed by atoms with van der Waals surface area (Å²) in [6, 6.07) is 0. The van der Waals surface area contributed by atoms with E-state index in [0.717, 1.165) is 19.6 Å². The zero-order valence-corrected chi connectivity index (χ0v) is 11.3. The molecule has 6 heteroatoms. The first-order valence-corrected chi connectivity index (χ1v) is 6.45. The molecule has 102 valence electrons. The van der Waals surface area contributed by atoms with E-state index in [2.05, 4.69) is 22.0 Å². The molecule has 0 bridgehead atoms. The van der Waals surface area contributed by atoms with Gasteiger partial charge in [-0.3, -0.25) is 4.90 Å². The van der Waals surface area contributed by atoms with Gasteiger partial charge in [0, 0.05) is 19.6 Å². The third kappa shape index (κ3) is 2.71. The van der Waals surface area contributed by atoms with E-state index in [1.807, 2.05) is 13.8 Å². The van der Waals surface area contributed by atoms with Gasteiger partial charge in [0.05, 0.1) is 12.0 Å². The SMILES string of the molecule is CCN1CCOC(c2noc(C(C)(C)CN)n2)C1. The van der Waals surface area contributed by atoms with Crippen LogP contribution in [0.25, 0.3) is 0 Å². The first kappa shape index (κ1) is 13.5. The highest BCUT2D eigenvalue weighted by Crippen LogP contribution is 2.24. The van der Waals surface area contributed by atoms with E-state index in [0.29, 0.717) is 24.9 Å². The van der Waals surface area contributed by atoms with Gasteiger partial charge in [-0.15, -0.1) is 0 Å². The molecule has 18 heavy (non-hydrogen) atoms. The number of hydrogen-bond donors (Lipinski definition) is 1. The van der Waals surface area contributed by atoms with Crippen molar-refractivity contribution >= 4 is 0 Å². The Morgan fingerprint density at radius 2 is 2.28 bits per heavy atom. The van der Waals surface area contributed by atoms with Gasteiger partial charge in [0.25, 0.3) is 0 Å². The van der Waals surface area contributed by atoms with Crippen LogP contribution in [-0.4, -0.2) is 47.8 Å². The number of nitrogens with zero attached hydrogens (tertiary/aromatic N) is 3. The molecule has 1 aromatic heterocycles. The van der Waals surface area contributed by atoms with E-state index in [4.69, 9.17) is 15.0 Å². The van der Waals surface area contributed by atoms with Crippen LogP contribution >= 0.6 is 0 Å². The molecule has 0 aliphatic carbocycles. The first-order valence-electron chi connectivity index (χ1n) is 6.45. The Hall–Kier alpha value is -0.980. The summed E-state index contributed by atoms with van der Waals surface area (Å²) in [5, 5.41) is 4.03. The number of rotatable bonds is 4. The van der Waals surface area contributed by atoms with Crippen LogP contribution in [0.4, 0.5) is 0 Å². The molecule has 1 atom stereocenters. The maximum atomic E-state index is 5.70. The second-order valence-corrected chi connectivity index (χ2v) is 5.30. The summed E-state index contributed by atoms with van der Waals surface area (Å²) >= 11 is 0. The minimum Gasteiger partial charge on any atom is -0.367 e. The third-order valence-electron chi connectivity index (χ3n) is 3.42. The van der Waals surface area contributed by atoms with E-state index in [9.17, 15) is 0 Å². The Kier molecular flexibility index (Phi) is 3.99. The molecule has 6 nitrogen and oxygen atoms in total. The highest BCUT2D eigenvalue weighted by molar-refractivity contribution is 5.03. The van der Waals surface area contributed by atoms with Crippen LogP contribution in [0.3, 0.4) is 0 Å². The molecule has 1 aliphatic rings. The van der Waals surface area contributed by atoms with Gasteiger partial charge < -0.3 is 15.0 Å². The van der Waals surface area contributed by atoms with E-state index < -0.39 is 0 Å². The fraction of sp³-hybridized carbons (Fsp3) is 0.833. The lowest BCUT2D eigenvalue weighted by Crippen LogP contribution is -2.38. The van der Waals surface area contributed by atoms with Gasteiger partial charge >= 0.3 is 0 Å². The minimum absolute atomic E-state index is 0.0928. The molecular formula is C12H22N4O2. The lowest BCUT2D eigenvalue weighted by Gasteiger charge is -2.30. The Morgan fingerprint density at radius 3 is 2.94 bits per heavy atom. The summed E-state index contributed by atoms with van der Waals surface area (Å²) < 4.78 is 11.0. The maximum Gasteiger partial charge on any atom is 0.233 e. The average molecular weight is 254 g/mol. The van der Waals surface area contributed by atoms with Gasteiger partial charge in [-0.1, -0.05) is 12.1 Å². The largest absolute Gasteiger partial charge is 0.367 e. The fourth-order valence-corrected chi connectivity index (χ4v) is 1.87. The van der Waals surface area contributed by atoms with Crippen LogP contribution < -0.4 is 5.73 Å². The average Bonchev–Trinajstić information content (AvgIpc) is 2.89. The predicted octanol–water partition coefficient (Wildman–Crippen LogP) is 0.699. The van der Waals surface area contributed by atoms with E-state index >= 15 is 0 Å². The molecular weight excluding hydrogens is 232 g/mol. The van der Waals surface area contributed by atoms with E-state index in [1.165, 1.54) is 0 Å². The Morgan fingerprint density at radius 1 is 1.50 bits per heavy atom. The van der Waals surface area contributed by atoms with E-state index in [1.54, 1.807) is 0 Å². The van der Waals surface area contributed by atoms with Gasteiger partial charge in [-0.2, -0.15) is 4.98 Å².